The minimum Gasteiger partial charge on any atom is -0.390 e. The second kappa shape index (κ2) is 5.81. The lowest BCUT2D eigenvalue weighted by Gasteiger charge is -2.48. The van der Waals surface area contributed by atoms with Gasteiger partial charge in [0.2, 0.25) is 0 Å². The molecule has 0 aliphatic heterocycles. The molecule has 0 radical (unpaired) electrons. The smallest absolute Gasteiger partial charge is 0.0753 e. The lowest BCUT2D eigenvalue weighted by Crippen LogP contribution is -2.41. The van der Waals surface area contributed by atoms with Crippen LogP contribution in [0.5, 0.6) is 0 Å². The fraction of sp³-hybridized carbons (Fsp3) is 0.889. The number of hydrogen-bond acceptors (Lipinski definition) is 2. The summed E-state index contributed by atoms with van der Waals surface area (Å²) in [7, 11) is 0. The molecule has 1 saturated carbocycles. The third-order valence-corrected chi connectivity index (χ3v) is 5.11. The third-order valence-electron chi connectivity index (χ3n) is 5.11. The maximum Gasteiger partial charge on any atom is 0.0753 e. The maximum atomic E-state index is 10.7. The fourth-order valence-corrected chi connectivity index (χ4v) is 3.61. The molecule has 0 heterocycles. The van der Waals surface area contributed by atoms with Gasteiger partial charge in [0.05, 0.1) is 11.7 Å². The van der Waals surface area contributed by atoms with E-state index < -0.39 is 43.1 Å². The molecule has 20 heavy (non-hydrogen) atoms. The summed E-state index contributed by atoms with van der Waals surface area (Å²) in [6.45, 7) is 1.83. The lowest BCUT2D eigenvalue weighted by atomic mass is 9.59. The summed E-state index contributed by atoms with van der Waals surface area (Å²) in [5, 5.41) is 21.2. The summed E-state index contributed by atoms with van der Waals surface area (Å²) in [6, 6.07) is 0. The largest absolute Gasteiger partial charge is 0.390 e. The summed E-state index contributed by atoms with van der Waals surface area (Å²) < 4.78 is 71.5. The second-order valence-electron chi connectivity index (χ2n) is 6.98. The Morgan fingerprint density at radius 1 is 1.40 bits per heavy atom. The molecule has 2 aliphatic carbocycles. The molecule has 1 fully saturated rings. The SMILES string of the molecule is [2H]C([2H])([2H])C([2H])([2H])C([2H])([2H])C([2H])([2H])C1=C2C[C@H](C(C)(C)O)CC[C@]2(C)CCC1O. The molecule has 116 valence electrons. The first-order chi connectivity index (χ1) is 12.7. The molecule has 3 atom stereocenters. The van der Waals surface area contributed by atoms with Crippen LogP contribution in [-0.2, 0) is 0 Å². The molecule has 2 nitrogen and oxygen atoms in total. The molecular formula is C18H32O2. The van der Waals surface area contributed by atoms with Crippen molar-refractivity contribution in [2.75, 3.05) is 0 Å². The summed E-state index contributed by atoms with van der Waals surface area (Å²) in [5.41, 5.74) is -1.32. The van der Waals surface area contributed by atoms with Crippen LogP contribution in [0.1, 0.15) is 91.2 Å². The quantitative estimate of drug-likeness (QED) is 0.761. The van der Waals surface area contributed by atoms with Crippen molar-refractivity contribution in [1.82, 2.24) is 0 Å². The molecular weight excluding hydrogens is 248 g/mol. The molecule has 2 rings (SSSR count). The molecule has 2 N–H and O–H groups in total. The molecule has 0 aromatic rings. The predicted octanol–water partition coefficient (Wildman–Crippen LogP) is 4.21. The van der Waals surface area contributed by atoms with Crippen molar-refractivity contribution < 1.29 is 22.5 Å². The van der Waals surface area contributed by atoms with Crippen molar-refractivity contribution >= 4 is 0 Å². The van der Waals surface area contributed by atoms with E-state index in [9.17, 15) is 10.2 Å². The van der Waals surface area contributed by atoms with Crippen LogP contribution >= 0.6 is 0 Å². The van der Waals surface area contributed by atoms with Gasteiger partial charge >= 0.3 is 0 Å². The number of aliphatic hydroxyl groups excluding tert-OH is 1. The summed E-state index contributed by atoms with van der Waals surface area (Å²) in [4.78, 5) is 0. The minimum atomic E-state index is -3.48. The van der Waals surface area contributed by atoms with Crippen LogP contribution in [0.2, 0.25) is 0 Å². The van der Waals surface area contributed by atoms with Gasteiger partial charge in [0.1, 0.15) is 0 Å². The zero-order valence-corrected chi connectivity index (χ0v) is 12.6. The molecule has 1 unspecified atom stereocenters. The number of hydrogen-bond donors (Lipinski definition) is 2. The Morgan fingerprint density at radius 3 is 2.75 bits per heavy atom. The third kappa shape index (κ3) is 3.12. The molecule has 0 aromatic carbocycles. The van der Waals surface area contributed by atoms with E-state index in [1.807, 2.05) is 6.92 Å². The van der Waals surface area contributed by atoms with E-state index in [0.717, 1.165) is 0 Å². The molecule has 0 saturated heterocycles. The Kier molecular flexibility index (Phi) is 2.26. The van der Waals surface area contributed by atoms with E-state index in [1.54, 1.807) is 13.8 Å². The van der Waals surface area contributed by atoms with Gasteiger partial charge in [-0.05, 0) is 75.6 Å². The van der Waals surface area contributed by atoms with Crippen LogP contribution < -0.4 is 0 Å². The molecule has 0 aromatic heterocycles. The predicted molar refractivity (Wildman–Crippen MR) is 83.5 cm³/mol. The van der Waals surface area contributed by atoms with Gasteiger partial charge in [-0.15, -0.1) is 0 Å². The summed E-state index contributed by atoms with van der Waals surface area (Å²) in [5.74, 6) is -0.230. The van der Waals surface area contributed by atoms with E-state index in [-0.39, 0.29) is 24.3 Å². The topological polar surface area (TPSA) is 40.5 Å². The number of rotatable bonds is 4. The first-order valence-corrected chi connectivity index (χ1v) is 7.34. The van der Waals surface area contributed by atoms with Gasteiger partial charge in [0, 0.05) is 12.3 Å². The first kappa shape index (κ1) is 7.78. The van der Waals surface area contributed by atoms with Crippen LogP contribution in [0.4, 0.5) is 0 Å². The molecule has 0 amide bonds. The Balaban J connectivity index is 2.69. The zero-order chi connectivity index (χ0) is 22.8. The minimum absolute atomic E-state index is 0.189. The van der Waals surface area contributed by atoms with Gasteiger partial charge in [0.15, 0.2) is 0 Å². The lowest BCUT2D eigenvalue weighted by molar-refractivity contribution is -0.00760. The highest BCUT2D eigenvalue weighted by molar-refractivity contribution is 5.30. The van der Waals surface area contributed by atoms with E-state index in [2.05, 4.69) is 0 Å². The van der Waals surface area contributed by atoms with Crippen molar-refractivity contribution in [3.05, 3.63) is 11.1 Å². The summed E-state index contributed by atoms with van der Waals surface area (Å²) in [6.07, 6.45) is -8.97. The van der Waals surface area contributed by atoms with Gasteiger partial charge in [-0.1, -0.05) is 25.7 Å². The van der Waals surface area contributed by atoms with Crippen LogP contribution in [-0.4, -0.2) is 21.9 Å². The van der Waals surface area contributed by atoms with Gasteiger partial charge in [0.25, 0.3) is 0 Å². The maximum absolute atomic E-state index is 10.7. The highest BCUT2D eigenvalue weighted by Crippen LogP contribution is 2.53. The molecule has 2 heteroatoms. The highest BCUT2D eigenvalue weighted by Gasteiger charge is 2.44. The Labute approximate surface area is 136 Å². The Bertz CT molecular complexity index is 676. The van der Waals surface area contributed by atoms with Crippen LogP contribution in [0.3, 0.4) is 0 Å². The van der Waals surface area contributed by atoms with E-state index in [1.165, 1.54) is 0 Å². The van der Waals surface area contributed by atoms with E-state index >= 15 is 0 Å². The van der Waals surface area contributed by atoms with Gasteiger partial charge in [-0.2, -0.15) is 0 Å². The molecule has 2 aliphatic rings. The van der Waals surface area contributed by atoms with E-state index in [4.69, 9.17) is 12.3 Å². The van der Waals surface area contributed by atoms with Gasteiger partial charge in [-0.3, -0.25) is 0 Å². The number of allylic oxidation sites excluding steroid dienone is 1. The monoisotopic (exact) mass is 289 g/mol. The van der Waals surface area contributed by atoms with Crippen molar-refractivity contribution in [2.45, 2.75) is 90.6 Å². The van der Waals surface area contributed by atoms with Crippen molar-refractivity contribution in [2.24, 2.45) is 11.3 Å². The fourth-order valence-electron chi connectivity index (χ4n) is 3.61. The highest BCUT2D eigenvalue weighted by atomic mass is 16.3. The van der Waals surface area contributed by atoms with Crippen molar-refractivity contribution in [3.8, 4) is 0 Å². The number of fused-ring (bicyclic) bond motifs is 1. The van der Waals surface area contributed by atoms with Crippen molar-refractivity contribution in [1.29, 1.82) is 0 Å². The first-order valence-electron chi connectivity index (χ1n) is 11.8. The van der Waals surface area contributed by atoms with Crippen molar-refractivity contribution in [3.63, 3.8) is 0 Å². The zero-order valence-electron chi connectivity index (χ0n) is 21.6. The normalized spacial score (nSPS) is 44.5. The van der Waals surface area contributed by atoms with Gasteiger partial charge in [-0.25, -0.2) is 0 Å². The van der Waals surface area contributed by atoms with Gasteiger partial charge < -0.3 is 10.2 Å². The molecule has 0 spiro atoms. The molecule has 0 bridgehead atoms. The summed E-state index contributed by atoms with van der Waals surface area (Å²) >= 11 is 0. The van der Waals surface area contributed by atoms with Crippen LogP contribution in [0, 0.1) is 11.3 Å². The average Bonchev–Trinajstić information content (AvgIpc) is 2.52. The Hall–Kier alpha value is -0.340. The number of aliphatic hydroxyl groups is 2. The van der Waals surface area contributed by atoms with Crippen LogP contribution in [0.25, 0.3) is 0 Å². The van der Waals surface area contributed by atoms with E-state index in [0.29, 0.717) is 24.8 Å². The Morgan fingerprint density at radius 2 is 2.10 bits per heavy atom. The average molecular weight is 290 g/mol. The second-order valence-corrected chi connectivity index (χ2v) is 6.98. The standard InChI is InChI=1S/C18H32O2/c1-5-6-7-14-15-12-13(17(2,3)20)8-10-18(15,4)11-9-16(14)19/h13,16,19-20H,5-12H2,1-4H3/t13-,16?,18-/m1/s1/i1D3,5D2,6D2,7D2. The van der Waals surface area contributed by atoms with Crippen LogP contribution in [0.15, 0.2) is 11.1 Å².